The number of amides is 1. The largest absolute Gasteiger partial charge is 0.333 e. The first-order valence-electron chi connectivity index (χ1n) is 6.33. The van der Waals surface area contributed by atoms with Crippen LogP contribution in [0.25, 0.3) is 0 Å². The third-order valence-corrected chi connectivity index (χ3v) is 3.39. The van der Waals surface area contributed by atoms with Gasteiger partial charge in [0.25, 0.3) is 5.91 Å². The van der Waals surface area contributed by atoms with Gasteiger partial charge in [-0.05, 0) is 25.0 Å². The number of piperazine rings is 1. The van der Waals surface area contributed by atoms with E-state index in [9.17, 15) is 4.79 Å². The van der Waals surface area contributed by atoms with Crippen molar-refractivity contribution in [2.45, 2.75) is 26.3 Å². The molecule has 1 atom stereocenters. The van der Waals surface area contributed by atoms with Gasteiger partial charge in [-0.15, -0.1) is 0 Å². The van der Waals surface area contributed by atoms with Crippen LogP contribution in [-0.2, 0) is 6.42 Å². The lowest BCUT2D eigenvalue weighted by atomic mass is 10.0. The number of carbonyl (C=O) groups excluding carboxylic acids is 1. The van der Waals surface area contributed by atoms with E-state index >= 15 is 0 Å². The summed E-state index contributed by atoms with van der Waals surface area (Å²) in [5, 5.41) is 3.31. The Morgan fingerprint density at radius 3 is 2.94 bits per heavy atom. The fourth-order valence-corrected chi connectivity index (χ4v) is 2.33. The molecule has 92 valence electrons. The molecule has 1 unspecified atom stereocenters. The number of nitrogens with one attached hydrogen (secondary N) is 1. The summed E-state index contributed by atoms with van der Waals surface area (Å²) in [5.74, 6) is 0.177. The van der Waals surface area contributed by atoms with Crippen molar-refractivity contribution < 1.29 is 4.79 Å². The summed E-state index contributed by atoms with van der Waals surface area (Å²) in [4.78, 5) is 14.5. The lowest BCUT2D eigenvalue weighted by Gasteiger charge is -2.34. The molecule has 0 aromatic heterocycles. The fourth-order valence-electron chi connectivity index (χ4n) is 2.33. The van der Waals surface area contributed by atoms with E-state index in [1.54, 1.807) is 0 Å². The minimum Gasteiger partial charge on any atom is -0.333 e. The van der Waals surface area contributed by atoms with Crippen molar-refractivity contribution in [3.05, 3.63) is 35.4 Å². The first-order valence-corrected chi connectivity index (χ1v) is 6.33. The van der Waals surface area contributed by atoms with Gasteiger partial charge < -0.3 is 10.2 Å². The van der Waals surface area contributed by atoms with Crippen molar-refractivity contribution in [2.75, 3.05) is 19.6 Å². The first kappa shape index (κ1) is 12.1. The number of nitrogens with zero attached hydrogens (tertiary/aromatic N) is 1. The minimum atomic E-state index is 0.177. The molecule has 0 bridgehead atoms. The zero-order chi connectivity index (χ0) is 12.3. The Bertz CT molecular complexity index is 403. The highest BCUT2D eigenvalue weighted by atomic mass is 16.2. The molecule has 1 amide bonds. The van der Waals surface area contributed by atoms with Gasteiger partial charge in [0.05, 0.1) is 0 Å². The summed E-state index contributed by atoms with van der Waals surface area (Å²) < 4.78 is 0. The second kappa shape index (κ2) is 5.32. The van der Waals surface area contributed by atoms with E-state index < -0.39 is 0 Å². The van der Waals surface area contributed by atoms with Crippen LogP contribution in [0.5, 0.6) is 0 Å². The van der Waals surface area contributed by atoms with Crippen LogP contribution >= 0.6 is 0 Å². The molecule has 1 aliphatic rings. The van der Waals surface area contributed by atoms with E-state index in [1.165, 1.54) is 0 Å². The summed E-state index contributed by atoms with van der Waals surface area (Å²) in [6.07, 6.45) is 0.905. The highest BCUT2D eigenvalue weighted by Gasteiger charge is 2.24. The molecule has 3 nitrogen and oxygen atoms in total. The predicted octanol–water partition coefficient (Wildman–Crippen LogP) is 1.68. The van der Waals surface area contributed by atoms with Crippen LogP contribution in [0.2, 0.25) is 0 Å². The van der Waals surface area contributed by atoms with Crippen LogP contribution in [0.4, 0.5) is 0 Å². The number of hydrogen-bond donors (Lipinski definition) is 1. The Morgan fingerprint density at radius 2 is 2.24 bits per heavy atom. The van der Waals surface area contributed by atoms with Crippen molar-refractivity contribution in [1.82, 2.24) is 10.2 Å². The van der Waals surface area contributed by atoms with Crippen LogP contribution < -0.4 is 5.32 Å². The van der Waals surface area contributed by atoms with Gasteiger partial charge in [0, 0.05) is 31.2 Å². The number of carbonyl (C=O) groups is 1. The van der Waals surface area contributed by atoms with Crippen molar-refractivity contribution in [3.8, 4) is 0 Å². The van der Waals surface area contributed by atoms with Gasteiger partial charge in [-0.2, -0.15) is 0 Å². The molecule has 17 heavy (non-hydrogen) atoms. The zero-order valence-electron chi connectivity index (χ0n) is 10.6. The number of hydrogen-bond acceptors (Lipinski definition) is 2. The van der Waals surface area contributed by atoms with Crippen molar-refractivity contribution >= 4 is 5.91 Å². The Labute approximate surface area is 103 Å². The van der Waals surface area contributed by atoms with Gasteiger partial charge >= 0.3 is 0 Å². The molecule has 1 aliphatic heterocycles. The molecule has 1 fully saturated rings. The fraction of sp³-hybridized carbons (Fsp3) is 0.500. The van der Waals surface area contributed by atoms with Crippen molar-refractivity contribution in [1.29, 1.82) is 0 Å². The summed E-state index contributed by atoms with van der Waals surface area (Å²) in [6.45, 7) is 6.77. The molecule has 2 rings (SSSR count). The van der Waals surface area contributed by atoms with E-state index in [2.05, 4.69) is 19.2 Å². The number of benzene rings is 1. The van der Waals surface area contributed by atoms with Gasteiger partial charge in [-0.3, -0.25) is 4.79 Å². The predicted molar refractivity (Wildman–Crippen MR) is 69.2 cm³/mol. The summed E-state index contributed by atoms with van der Waals surface area (Å²) in [6, 6.07) is 8.20. The van der Waals surface area contributed by atoms with E-state index in [4.69, 9.17) is 0 Å². The molecule has 1 aromatic rings. The normalized spacial score (nSPS) is 20.4. The maximum absolute atomic E-state index is 12.5. The van der Waals surface area contributed by atoms with E-state index in [1.807, 2.05) is 29.2 Å². The highest BCUT2D eigenvalue weighted by Crippen LogP contribution is 2.15. The topological polar surface area (TPSA) is 32.3 Å². The maximum atomic E-state index is 12.5. The Hall–Kier alpha value is -1.35. The Morgan fingerprint density at radius 1 is 1.47 bits per heavy atom. The van der Waals surface area contributed by atoms with Crippen LogP contribution in [0.3, 0.4) is 0 Å². The molecule has 1 aromatic carbocycles. The maximum Gasteiger partial charge on any atom is 0.254 e. The van der Waals surface area contributed by atoms with Gasteiger partial charge in [0.2, 0.25) is 0 Å². The van der Waals surface area contributed by atoms with Gasteiger partial charge in [-0.25, -0.2) is 0 Å². The van der Waals surface area contributed by atoms with Crippen LogP contribution in [0, 0.1) is 0 Å². The van der Waals surface area contributed by atoms with E-state index in [0.29, 0.717) is 0 Å². The number of rotatable bonds is 2. The molecule has 0 aliphatic carbocycles. The third-order valence-electron chi connectivity index (χ3n) is 3.39. The van der Waals surface area contributed by atoms with Gasteiger partial charge in [-0.1, -0.05) is 25.1 Å². The number of aryl methyl sites for hydroxylation is 1. The Kier molecular flexibility index (Phi) is 3.79. The summed E-state index contributed by atoms with van der Waals surface area (Å²) in [5.41, 5.74) is 2.01. The SMILES string of the molecule is CCc1ccccc1C(=O)N1CCNCC1C. The van der Waals surface area contributed by atoms with E-state index in [-0.39, 0.29) is 11.9 Å². The monoisotopic (exact) mass is 232 g/mol. The minimum absolute atomic E-state index is 0.177. The van der Waals surface area contributed by atoms with E-state index in [0.717, 1.165) is 37.2 Å². The molecule has 1 heterocycles. The second-order valence-electron chi connectivity index (χ2n) is 4.56. The lowest BCUT2D eigenvalue weighted by Crippen LogP contribution is -2.52. The van der Waals surface area contributed by atoms with Crippen LogP contribution in [0.1, 0.15) is 29.8 Å². The molecule has 0 saturated carbocycles. The van der Waals surface area contributed by atoms with Gasteiger partial charge in [0.15, 0.2) is 0 Å². The first-order chi connectivity index (χ1) is 8.24. The lowest BCUT2D eigenvalue weighted by molar-refractivity contribution is 0.0654. The molecule has 1 N–H and O–H groups in total. The highest BCUT2D eigenvalue weighted by molar-refractivity contribution is 5.96. The molecule has 3 heteroatoms. The molecular formula is C14H20N2O. The van der Waals surface area contributed by atoms with Crippen molar-refractivity contribution in [2.24, 2.45) is 0 Å². The smallest absolute Gasteiger partial charge is 0.254 e. The molecule has 0 spiro atoms. The Balaban J connectivity index is 2.23. The standard InChI is InChI=1S/C14H20N2O/c1-3-12-6-4-5-7-13(12)14(17)16-9-8-15-10-11(16)2/h4-7,11,15H,3,8-10H2,1-2H3. The molecular weight excluding hydrogens is 212 g/mol. The van der Waals surface area contributed by atoms with Crippen LogP contribution in [-0.4, -0.2) is 36.5 Å². The average molecular weight is 232 g/mol. The van der Waals surface area contributed by atoms with Crippen LogP contribution in [0.15, 0.2) is 24.3 Å². The summed E-state index contributed by atoms with van der Waals surface area (Å²) >= 11 is 0. The van der Waals surface area contributed by atoms with Crippen molar-refractivity contribution in [3.63, 3.8) is 0 Å². The molecule has 1 saturated heterocycles. The third kappa shape index (κ3) is 2.50. The molecule has 0 radical (unpaired) electrons. The quantitative estimate of drug-likeness (QED) is 0.841. The zero-order valence-corrected chi connectivity index (χ0v) is 10.6. The summed E-state index contributed by atoms with van der Waals surface area (Å²) in [7, 11) is 0. The second-order valence-corrected chi connectivity index (χ2v) is 4.56. The average Bonchev–Trinajstić information content (AvgIpc) is 2.38. The van der Waals surface area contributed by atoms with Gasteiger partial charge in [0.1, 0.15) is 0 Å².